The van der Waals surface area contributed by atoms with Gasteiger partial charge in [-0.05, 0) is 142 Å². The molecule has 3 fully saturated rings. The number of fused-ring (bicyclic) bond motifs is 3. The minimum absolute atomic E-state index is 0. The van der Waals surface area contributed by atoms with Crippen LogP contribution in [0, 0.1) is 74.9 Å². The van der Waals surface area contributed by atoms with Crippen LogP contribution in [0.25, 0.3) is 0 Å². The van der Waals surface area contributed by atoms with Crippen molar-refractivity contribution >= 4 is 0 Å². The van der Waals surface area contributed by atoms with Crippen LogP contribution in [0.15, 0.2) is 11.6 Å². The van der Waals surface area contributed by atoms with Crippen LogP contribution in [0.3, 0.4) is 0 Å². The number of nitriles is 1. The average Bonchev–Trinajstić information content (AvgIpc) is 3.42. The standard InChI is InChI=1S/C37H63N.5C2H6.CH4/c1-26(21-29-22-27(2)23-30(24-29)25-38)12-15-32-28(3)13-16-34-33-17-14-31(11-9-10-18-35(4,5)6)36(33,7)19-20-37(32,34)8;5*1-2;/h13,26-27,29-34H,9-12,14-24H2,1-8H3;5*1-2H3;1H4. The first kappa shape index (κ1) is 52.6. The first-order valence-electron chi connectivity index (χ1n) is 21.9. The molecule has 0 bridgehead atoms. The third-order valence-electron chi connectivity index (χ3n) is 12.8. The van der Waals surface area contributed by atoms with Gasteiger partial charge in [-0.3, -0.25) is 0 Å². The summed E-state index contributed by atoms with van der Waals surface area (Å²) in [4.78, 5) is 0. The Morgan fingerprint density at radius 1 is 0.816 bits per heavy atom. The van der Waals surface area contributed by atoms with E-state index in [1.54, 1.807) is 5.57 Å². The van der Waals surface area contributed by atoms with E-state index in [-0.39, 0.29) is 7.43 Å². The third kappa shape index (κ3) is 15.4. The highest BCUT2D eigenvalue weighted by Gasteiger charge is 2.59. The fourth-order valence-corrected chi connectivity index (χ4v) is 10.7. The van der Waals surface area contributed by atoms with Crippen LogP contribution in [0.5, 0.6) is 0 Å². The molecule has 1 heteroatoms. The maximum absolute atomic E-state index is 9.53. The SMILES string of the molecule is C.CC.CC.CC.CC.CC.CC1=CCC2C3CCC(CCCCC(C)(C)C)C3(C)CCC2(C)C1CCC(C)CC1CC(C)CC(C#N)C1. The first-order chi connectivity index (χ1) is 22.9. The Hall–Kier alpha value is -0.770. The second-order valence-electron chi connectivity index (χ2n) is 17.0. The molecule has 3 saturated carbocycles. The molecule has 0 heterocycles. The van der Waals surface area contributed by atoms with Crippen molar-refractivity contribution in [2.45, 2.75) is 228 Å². The zero-order valence-electron chi connectivity index (χ0n) is 36.7. The molecular weight excluding hydrogens is 591 g/mol. The van der Waals surface area contributed by atoms with E-state index in [1.807, 2.05) is 69.2 Å². The molecule has 294 valence electrons. The highest BCUT2D eigenvalue weighted by molar-refractivity contribution is 5.20. The molecule has 0 saturated heterocycles. The Morgan fingerprint density at radius 2 is 1.39 bits per heavy atom. The largest absolute Gasteiger partial charge is 0.198 e. The molecule has 0 aliphatic heterocycles. The monoisotopic (exact) mass is 688 g/mol. The van der Waals surface area contributed by atoms with E-state index in [1.165, 1.54) is 83.5 Å². The number of rotatable bonds is 9. The summed E-state index contributed by atoms with van der Waals surface area (Å²) in [5.74, 6) is 6.22. The lowest BCUT2D eigenvalue weighted by Crippen LogP contribution is -2.51. The van der Waals surface area contributed by atoms with E-state index in [4.69, 9.17) is 0 Å². The van der Waals surface area contributed by atoms with E-state index in [0.29, 0.717) is 22.2 Å². The summed E-state index contributed by atoms with van der Waals surface area (Å²) in [6, 6.07) is 2.60. The molecule has 0 radical (unpaired) electrons. The molecule has 0 amide bonds. The van der Waals surface area contributed by atoms with Crippen LogP contribution in [0.2, 0.25) is 0 Å². The predicted molar refractivity (Wildman–Crippen MR) is 227 cm³/mol. The summed E-state index contributed by atoms with van der Waals surface area (Å²) in [7, 11) is 0. The van der Waals surface area contributed by atoms with Gasteiger partial charge in [-0.1, -0.05) is 156 Å². The van der Waals surface area contributed by atoms with Gasteiger partial charge in [0.25, 0.3) is 0 Å². The quantitative estimate of drug-likeness (QED) is 0.175. The van der Waals surface area contributed by atoms with Gasteiger partial charge in [0.15, 0.2) is 0 Å². The lowest BCUT2D eigenvalue weighted by molar-refractivity contribution is -0.0708. The first-order valence-corrected chi connectivity index (χ1v) is 21.9. The minimum atomic E-state index is 0. The zero-order chi connectivity index (χ0) is 37.7. The Labute approximate surface area is 314 Å². The Kier molecular flexibility index (Phi) is 28.9. The molecule has 4 aliphatic rings. The molecule has 0 aromatic heterocycles. The smallest absolute Gasteiger partial charge is 0.0655 e. The highest BCUT2D eigenvalue weighted by atomic mass is 14.6. The molecule has 10 atom stereocenters. The maximum Gasteiger partial charge on any atom is 0.0655 e. The van der Waals surface area contributed by atoms with Gasteiger partial charge in [-0.15, -0.1) is 0 Å². The van der Waals surface area contributed by atoms with Crippen molar-refractivity contribution in [2.24, 2.45) is 63.6 Å². The van der Waals surface area contributed by atoms with Gasteiger partial charge in [0.1, 0.15) is 0 Å². The van der Waals surface area contributed by atoms with Crippen LogP contribution in [-0.4, -0.2) is 0 Å². The van der Waals surface area contributed by atoms with Gasteiger partial charge in [-0.25, -0.2) is 0 Å². The molecule has 4 rings (SSSR count). The van der Waals surface area contributed by atoms with Crippen molar-refractivity contribution in [3.63, 3.8) is 0 Å². The lowest BCUT2D eigenvalue weighted by Gasteiger charge is -2.58. The van der Waals surface area contributed by atoms with Crippen LogP contribution in [0.4, 0.5) is 0 Å². The maximum atomic E-state index is 9.53. The highest BCUT2D eigenvalue weighted by Crippen LogP contribution is 2.67. The van der Waals surface area contributed by atoms with Crippen molar-refractivity contribution in [2.75, 3.05) is 0 Å². The van der Waals surface area contributed by atoms with Gasteiger partial charge in [0, 0.05) is 5.92 Å². The van der Waals surface area contributed by atoms with Crippen molar-refractivity contribution in [1.29, 1.82) is 5.26 Å². The van der Waals surface area contributed by atoms with Crippen LogP contribution in [0.1, 0.15) is 228 Å². The van der Waals surface area contributed by atoms with Crippen LogP contribution in [-0.2, 0) is 0 Å². The molecule has 1 nitrogen and oxygen atoms in total. The molecular formula is C48H97N. The molecule has 4 aliphatic carbocycles. The molecule has 0 N–H and O–H groups in total. The van der Waals surface area contributed by atoms with Crippen LogP contribution < -0.4 is 0 Å². The Bertz CT molecular complexity index is 855. The molecule has 49 heavy (non-hydrogen) atoms. The van der Waals surface area contributed by atoms with Gasteiger partial charge >= 0.3 is 0 Å². The summed E-state index contributed by atoms with van der Waals surface area (Å²) in [6.45, 7) is 40.0. The lowest BCUT2D eigenvalue weighted by atomic mass is 9.46. The summed E-state index contributed by atoms with van der Waals surface area (Å²) in [5.41, 5.74) is 3.31. The third-order valence-corrected chi connectivity index (χ3v) is 12.8. The number of unbranched alkanes of at least 4 members (excludes halogenated alkanes) is 1. The Balaban J connectivity index is -0.00000176. The van der Waals surface area contributed by atoms with E-state index >= 15 is 0 Å². The van der Waals surface area contributed by atoms with Gasteiger partial charge in [0.2, 0.25) is 0 Å². The molecule has 0 aromatic rings. The number of allylic oxidation sites excluding steroid dienone is 2. The topological polar surface area (TPSA) is 23.8 Å². The van der Waals surface area contributed by atoms with Gasteiger partial charge < -0.3 is 0 Å². The normalized spacial score (nSPS) is 33.2. The Morgan fingerprint density at radius 3 is 1.94 bits per heavy atom. The van der Waals surface area contributed by atoms with Gasteiger partial charge in [0.05, 0.1) is 6.07 Å². The number of nitrogens with zero attached hydrogens (tertiary/aromatic N) is 1. The van der Waals surface area contributed by atoms with E-state index < -0.39 is 0 Å². The predicted octanol–water partition coefficient (Wildman–Crippen LogP) is 17.2. The van der Waals surface area contributed by atoms with E-state index in [0.717, 1.165) is 54.3 Å². The van der Waals surface area contributed by atoms with E-state index in [2.05, 4.69) is 67.5 Å². The van der Waals surface area contributed by atoms with Crippen molar-refractivity contribution in [3.8, 4) is 6.07 Å². The number of hydrogen-bond donors (Lipinski definition) is 0. The molecule has 10 unspecified atom stereocenters. The molecule has 0 spiro atoms. The fraction of sp³-hybridized carbons (Fsp3) is 0.938. The summed E-state index contributed by atoms with van der Waals surface area (Å²) in [6.07, 6.45) is 23.4. The average molecular weight is 688 g/mol. The summed E-state index contributed by atoms with van der Waals surface area (Å²) < 4.78 is 0. The zero-order valence-corrected chi connectivity index (χ0v) is 36.7. The second-order valence-corrected chi connectivity index (χ2v) is 17.0. The van der Waals surface area contributed by atoms with Crippen LogP contribution >= 0.6 is 0 Å². The van der Waals surface area contributed by atoms with Crippen molar-refractivity contribution < 1.29 is 0 Å². The van der Waals surface area contributed by atoms with E-state index in [9.17, 15) is 5.26 Å². The second kappa shape index (κ2) is 26.9. The van der Waals surface area contributed by atoms with Gasteiger partial charge in [-0.2, -0.15) is 5.26 Å². The van der Waals surface area contributed by atoms with Crippen molar-refractivity contribution in [3.05, 3.63) is 11.6 Å². The fourth-order valence-electron chi connectivity index (χ4n) is 10.7. The number of hydrogen-bond acceptors (Lipinski definition) is 1. The summed E-state index contributed by atoms with van der Waals surface area (Å²) in [5, 5.41) is 9.53. The molecule has 0 aromatic carbocycles. The summed E-state index contributed by atoms with van der Waals surface area (Å²) >= 11 is 0. The minimum Gasteiger partial charge on any atom is -0.198 e. The van der Waals surface area contributed by atoms with Crippen molar-refractivity contribution in [1.82, 2.24) is 0 Å².